The minimum atomic E-state index is -0.00850. The number of ether oxygens (including phenoxy) is 2. The third-order valence-corrected chi connectivity index (χ3v) is 4.32. The molecule has 3 heterocycles. The average molecular weight is 393 g/mol. The van der Waals surface area contributed by atoms with Crippen LogP contribution in [0.25, 0.3) is 0 Å². The Labute approximate surface area is 164 Å². The quantitative estimate of drug-likeness (QED) is 0.459. The zero-order valence-corrected chi connectivity index (χ0v) is 16.4. The summed E-state index contributed by atoms with van der Waals surface area (Å²) >= 11 is 5.82. The molecule has 0 bridgehead atoms. The van der Waals surface area contributed by atoms with Gasteiger partial charge in [-0.15, -0.1) is 0 Å². The fourth-order valence-electron chi connectivity index (χ4n) is 2.82. The Kier molecular flexibility index (Phi) is 6.89. The van der Waals surface area contributed by atoms with Gasteiger partial charge < -0.3 is 19.7 Å². The summed E-state index contributed by atoms with van der Waals surface area (Å²) in [5.41, 5.74) is 1.08. The second-order valence-electron chi connectivity index (χ2n) is 6.15. The van der Waals surface area contributed by atoms with Gasteiger partial charge in [0.1, 0.15) is 12.7 Å². The lowest BCUT2D eigenvalue weighted by atomic mass is 10.1. The van der Waals surface area contributed by atoms with Gasteiger partial charge in [-0.3, -0.25) is 4.68 Å². The highest BCUT2D eigenvalue weighted by atomic mass is 35.5. The SMILES string of the molecule is CCNC(=NCCOc1ccc(Cl)cn1)N1CCOC(c2cnn(C)c2)C1. The van der Waals surface area contributed by atoms with Crippen molar-refractivity contribution < 1.29 is 9.47 Å². The third-order valence-electron chi connectivity index (χ3n) is 4.10. The molecule has 27 heavy (non-hydrogen) atoms. The molecular formula is C18H25ClN6O2. The standard InChI is InChI=1S/C18H25ClN6O2/c1-3-20-18(21-6-8-27-17-5-4-15(19)11-22-17)25-7-9-26-16(13-25)14-10-23-24(2)12-14/h4-5,10-12,16H,3,6-9,13H2,1-2H3,(H,20,21). The first kappa shape index (κ1) is 19.4. The largest absolute Gasteiger partial charge is 0.476 e. The van der Waals surface area contributed by atoms with Gasteiger partial charge in [-0.2, -0.15) is 5.10 Å². The molecule has 146 valence electrons. The second-order valence-corrected chi connectivity index (χ2v) is 6.59. The highest BCUT2D eigenvalue weighted by Crippen LogP contribution is 2.21. The van der Waals surface area contributed by atoms with E-state index in [1.807, 2.05) is 19.4 Å². The van der Waals surface area contributed by atoms with Crippen LogP contribution in [0, 0.1) is 0 Å². The molecule has 2 aromatic rings. The number of halogens is 1. The molecule has 9 heteroatoms. The van der Waals surface area contributed by atoms with Gasteiger partial charge in [0.15, 0.2) is 5.96 Å². The van der Waals surface area contributed by atoms with Gasteiger partial charge in [0.25, 0.3) is 0 Å². The molecule has 2 aromatic heterocycles. The van der Waals surface area contributed by atoms with Crippen molar-refractivity contribution in [2.24, 2.45) is 12.0 Å². The minimum absolute atomic E-state index is 0.00850. The molecule has 0 aromatic carbocycles. The molecule has 8 nitrogen and oxygen atoms in total. The van der Waals surface area contributed by atoms with Crippen molar-refractivity contribution in [3.63, 3.8) is 0 Å². The highest BCUT2D eigenvalue weighted by molar-refractivity contribution is 6.30. The van der Waals surface area contributed by atoms with Crippen LogP contribution >= 0.6 is 11.6 Å². The van der Waals surface area contributed by atoms with E-state index in [2.05, 4.69) is 32.2 Å². The number of guanidine groups is 1. The summed E-state index contributed by atoms with van der Waals surface area (Å²) in [6.07, 6.45) is 5.40. The lowest BCUT2D eigenvalue weighted by Crippen LogP contribution is -2.48. The van der Waals surface area contributed by atoms with Crippen LogP contribution in [0.3, 0.4) is 0 Å². The summed E-state index contributed by atoms with van der Waals surface area (Å²) in [6.45, 7) is 6.01. The van der Waals surface area contributed by atoms with Crippen molar-refractivity contribution in [2.45, 2.75) is 13.0 Å². The molecule has 1 fully saturated rings. The van der Waals surface area contributed by atoms with Crippen molar-refractivity contribution in [1.29, 1.82) is 0 Å². The maximum atomic E-state index is 5.91. The van der Waals surface area contributed by atoms with E-state index in [-0.39, 0.29) is 6.10 Å². The van der Waals surface area contributed by atoms with Crippen LogP contribution in [0.1, 0.15) is 18.6 Å². The van der Waals surface area contributed by atoms with E-state index in [1.54, 1.807) is 23.0 Å². The van der Waals surface area contributed by atoms with Crippen LogP contribution in [0.2, 0.25) is 5.02 Å². The maximum absolute atomic E-state index is 5.91. The van der Waals surface area contributed by atoms with E-state index in [0.717, 1.165) is 31.2 Å². The number of aryl methyl sites for hydroxylation is 1. The van der Waals surface area contributed by atoms with Gasteiger partial charge in [0, 0.05) is 44.2 Å². The lowest BCUT2D eigenvalue weighted by molar-refractivity contribution is -0.00805. The van der Waals surface area contributed by atoms with Crippen molar-refractivity contribution in [1.82, 2.24) is 25.0 Å². The minimum Gasteiger partial charge on any atom is -0.476 e. The monoisotopic (exact) mass is 392 g/mol. The molecule has 1 aliphatic heterocycles. The number of morpholine rings is 1. The number of rotatable bonds is 6. The molecule has 3 rings (SSSR count). The average Bonchev–Trinajstić information content (AvgIpc) is 3.12. The van der Waals surface area contributed by atoms with Crippen molar-refractivity contribution in [3.8, 4) is 5.88 Å². The molecule has 0 amide bonds. The highest BCUT2D eigenvalue weighted by Gasteiger charge is 2.25. The van der Waals surface area contributed by atoms with Gasteiger partial charge in [-0.05, 0) is 13.0 Å². The normalized spacial score (nSPS) is 17.8. The maximum Gasteiger partial charge on any atom is 0.213 e. The second kappa shape index (κ2) is 9.57. The molecular weight excluding hydrogens is 368 g/mol. The Morgan fingerprint density at radius 3 is 3.04 bits per heavy atom. The number of aliphatic imine (C=N–C) groups is 1. The first-order chi connectivity index (χ1) is 13.2. The molecule has 0 spiro atoms. The molecule has 1 aliphatic rings. The van der Waals surface area contributed by atoms with Crippen molar-refractivity contribution in [2.75, 3.05) is 39.4 Å². The van der Waals surface area contributed by atoms with Gasteiger partial charge in [0.05, 0.1) is 30.9 Å². The Bertz CT molecular complexity index is 749. The zero-order valence-electron chi connectivity index (χ0n) is 15.6. The van der Waals surface area contributed by atoms with Crippen molar-refractivity contribution >= 4 is 17.6 Å². The summed E-state index contributed by atoms with van der Waals surface area (Å²) in [5, 5.41) is 8.17. The van der Waals surface area contributed by atoms with E-state index >= 15 is 0 Å². The van der Waals surface area contributed by atoms with E-state index in [9.17, 15) is 0 Å². The van der Waals surface area contributed by atoms with E-state index < -0.39 is 0 Å². The fourth-order valence-corrected chi connectivity index (χ4v) is 2.94. The summed E-state index contributed by atoms with van der Waals surface area (Å²) in [5.74, 6) is 1.41. The molecule has 0 radical (unpaired) electrons. The Balaban J connectivity index is 1.56. The summed E-state index contributed by atoms with van der Waals surface area (Å²) in [7, 11) is 1.91. The first-order valence-corrected chi connectivity index (χ1v) is 9.41. The number of hydrogen-bond acceptors (Lipinski definition) is 5. The van der Waals surface area contributed by atoms with Gasteiger partial charge in [-0.1, -0.05) is 11.6 Å². The Morgan fingerprint density at radius 1 is 1.44 bits per heavy atom. The summed E-state index contributed by atoms with van der Waals surface area (Å²) in [6, 6.07) is 3.50. The van der Waals surface area contributed by atoms with Crippen LogP contribution in [0.4, 0.5) is 0 Å². The Morgan fingerprint density at radius 2 is 2.33 bits per heavy atom. The predicted octanol–water partition coefficient (Wildman–Crippen LogP) is 1.89. The molecule has 1 N–H and O–H groups in total. The summed E-state index contributed by atoms with van der Waals surface area (Å²) < 4.78 is 13.3. The number of hydrogen-bond donors (Lipinski definition) is 1. The van der Waals surface area contributed by atoms with Crippen LogP contribution in [0.15, 0.2) is 35.7 Å². The van der Waals surface area contributed by atoms with E-state index in [4.69, 9.17) is 21.1 Å². The molecule has 1 atom stereocenters. The van der Waals surface area contributed by atoms with Gasteiger partial charge >= 0.3 is 0 Å². The molecule has 0 saturated carbocycles. The molecule has 1 saturated heterocycles. The summed E-state index contributed by atoms with van der Waals surface area (Å²) in [4.78, 5) is 11.0. The number of pyridine rings is 1. The number of nitrogens with zero attached hydrogens (tertiary/aromatic N) is 5. The molecule has 0 aliphatic carbocycles. The predicted molar refractivity (Wildman–Crippen MR) is 104 cm³/mol. The van der Waals surface area contributed by atoms with E-state index in [1.165, 1.54) is 0 Å². The zero-order chi connectivity index (χ0) is 19.1. The smallest absolute Gasteiger partial charge is 0.213 e. The fraction of sp³-hybridized carbons (Fsp3) is 0.500. The third kappa shape index (κ3) is 5.58. The van der Waals surface area contributed by atoms with Crippen LogP contribution in [0.5, 0.6) is 5.88 Å². The molecule has 1 unspecified atom stereocenters. The number of aromatic nitrogens is 3. The lowest BCUT2D eigenvalue weighted by Gasteiger charge is -2.34. The Hall–Kier alpha value is -2.32. The van der Waals surface area contributed by atoms with Crippen molar-refractivity contribution in [3.05, 3.63) is 41.3 Å². The van der Waals surface area contributed by atoms with Gasteiger partial charge in [0.2, 0.25) is 5.88 Å². The van der Waals surface area contributed by atoms with Crippen LogP contribution in [-0.4, -0.2) is 65.0 Å². The van der Waals surface area contributed by atoms with Crippen LogP contribution in [-0.2, 0) is 11.8 Å². The van der Waals surface area contributed by atoms with Crippen LogP contribution < -0.4 is 10.1 Å². The topological polar surface area (TPSA) is 76.8 Å². The van der Waals surface area contributed by atoms with E-state index in [0.29, 0.717) is 30.7 Å². The first-order valence-electron chi connectivity index (χ1n) is 9.03. The number of nitrogens with one attached hydrogen (secondary N) is 1. The van der Waals surface area contributed by atoms with Gasteiger partial charge in [-0.25, -0.2) is 9.98 Å².